The van der Waals surface area contributed by atoms with E-state index in [0.717, 1.165) is 0 Å². The molecule has 1 aliphatic heterocycles. The largest absolute Gasteiger partial charge is 0.492 e. The maximum Gasteiger partial charge on any atom is 0.335 e. The summed E-state index contributed by atoms with van der Waals surface area (Å²) in [6, 6.07) is 6.31. The normalized spacial score (nSPS) is 20.3. The number of benzene rings is 1. The molecule has 0 unspecified atom stereocenters. The minimum atomic E-state index is -3.16. The molecule has 1 aromatic rings. The van der Waals surface area contributed by atoms with Gasteiger partial charge in [-0.2, -0.15) is 4.31 Å². The van der Waals surface area contributed by atoms with Crippen LogP contribution in [0.15, 0.2) is 24.3 Å². The zero-order valence-corrected chi connectivity index (χ0v) is 14.1. The van der Waals surface area contributed by atoms with Gasteiger partial charge in [-0.05, 0) is 25.1 Å². The Hall–Kier alpha value is -1.64. The molecule has 0 radical (unpaired) electrons. The van der Waals surface area contributed by atoms with E-state index in [1.807, 2.05) is 6.92 Å². The minimum Gasteiger partial charge on any atom is -0.492 e. The monoisotopic (exact) mass is 342 g/mol. The molecule has 1 atom stereocenters. The number of carboxylic acid groups (broad SMARTS) is 1. The topological polar surface area (TPSA) is 87.2 Å². The SMILES string of the molecule is C[C@H]1CN(CCOc2cccc(C(=O)O)c2)CCN1S(C)(=O)=O. The zero-order valence-electron chi connectivity index (χ0n) is 13.3. The molecule has 7 nitrogen and oxygen atoms in total. The molecule has 1 saturated heterocycles. The predicted octanol–water partition coefficient (Wildman–Crippen LogP) is 0.729. The lowest BCUT2D eigenvalue weighted by molar-refractivity contribution is 0.0696. The van der Waals surface area contributed by atoms with Gasteiger partial charge < -0.3 is 9.84 Å². The summed E-state index contributed by atoms with van der Waals surface area (Å²) >= 11 is 0. The quantitative estimate of drug-likeness (QED) is 0.820. The van der Waals surface area contributed by atoms with Gasteiger partial charge >= 0.3 is 5.97 Å². The molecule has 0 amide bonds. The first-order valence-electron chi connectivity index (χ1n) is 7.42. The van der Waals surface area contributed by atoms with E-state index in [2.05, 4.69) is 4.90 Å². The molecular formula is C15H22N2O5S. The first-order valence-corrected chi connectivity index (χ1v) is 9.27. The van der Waals surface area contributed by atoms with Crippen molar-refractivity contribution >= 4 is 16.0 Å². The summed E-state index contributed by atoms with van der Waals surface area (Å²) in [5.41, 5.74) is 0.192. The van der Waals surface area contributed by atoms with Gasteiger partial charge in [-0.1, -0.05) is 6.07 Å². The van der Waals surface area contributed by atoms with E-state index in [9.17, 15) is 13.2 Å². The molecule has 128 valence electrons. The van der Waals surface area contributed by atoms with Crippen molar-refractivity contribution in [2.24, 2.45) is 0 Å². The summed E-state index contributed by atoms with van der Waals surface area (Å²) in [5, 5.41) is 8.94. The first kappa shape index (κ1) is 17.7. The van der Waals surface area contributed by atoms with Crippen LogP contribution in [-0.2, 0) is 10.0 Å². The third-order valence-electron chi connectivity index (χ3n) is 3.83. The molecule has 1 fully saturated rings. The van der Waals surface area contributed by atoms with Crippen molar-refractivity contribution in [2.75, 3.05) is 39.0 Å². The highest BCUT2D eigenvalue weighted by molar-refractivity contribution is 7.88. The lowest BCUT2D eigenvalue weighted by Crippen LogP contribution is -2.54. The van der Waals surface area contributed by atoms with Crippen molar-refractivity contribution in [3.05, 3.63) is 29.8 Å². The van der Waals surface area contributed by atoms with Crippen LogP contribution in [0.5, 0.6) is 5.75 Å². The van der Waals surface area contributed by atoms with Gasteiger partial charge in [-0.3, -0.25) is 4.90 Å². The number of rotatable bonds is 6. The number of hydrogen-bond donors (Lipinski definition) is 1. The highest BCUT2D eigenvalue weighted by Crippen LogP contribution is 2.15. The molecule has 0 bridgehead atoms. The van der Waals surface area contributed by atoms with Crippen LogP contribution in [0.2, 0.25) is 0 Å². The summed E-state index contributed by atoms with van der Waals surface area (Å²) in [6.45, 7) is 4.79. The van der Waals surface area contributed by atoms with Gasteiger partial charge in [-0.25, -0.2) is 13.2 Å². The van der Waals surface area contributed by atoms with Crippen molar-refractivity contribution in [1.29, 1.82) is 0 Å². The van der Waals surface area contributed by atoms with Crippen molar-refractivity contribution in [2.45, 2.75) is 13.0 Å². The van der Waals surface area contributed by atoms with Crippen LogP contribution >= 0.6 is 0 Å². The van der Waals surface area contributed by atoms with Gasteiger partial charge in [0.25, 0.3) is 0 Å². The van der Waals surface area contributed by atoms with Crippen molar-refractivity contribution in [3.8, 4) is 5.75 Å². The fourth-order valence-corrected chi connectivity index (χ4v) is 3.86. The van der Waals surface area contributed by atoms with E-state index >= 15 is 0 Å². The maximum absolute atomic E-state index is 11.6. The number of hydrogen-bond acceptors (Lipinski definition) is 5. The van der Waals surface area contributed by atoms with E-state index in [-0.39, 0.29) is 11.6 Å². The Bertz CT molecular complexity index is 662. The summed E-state index contributed by atoms with van der Waals surface area (Å²) < 4.78 is 30.4. The third kappa shape index (κ3) is 4.92. The second-order valence-electron chi connectivity index (χ2n) is 5.70. The van der Waals surface area contributed by atoms with Crippen molar-refractivity contribution < 1.29 is 23.1 Å². The van der Waals surface area contributed by atoms with Crippen LogP contribution in [0.4, 0.5) is 0 Å². The Kier molecular flexibility index (Phi) is 5.61. The average Bonchev–Trinajstić information content (AvgIpc) is 2.46. The van der Waals surface area contributed by atoms with Crippen LogP contribution in [0, 0.1) is 0 Å². The average molecular weight is 342 g/mol. The van der Waals surface area contributed by atoms with Gasteiger partial charge in [0.2, 0.25) is 10.0 Å². The van der Waals surface area contributed by atoms with E-state index in [4.69, 9.17) is 9.84 Å². The molecule has 1 aromatic carbocycles. The summed E-state index contributed by atoms with van der Waals surface area (Å²) in [4.78, 5) is 13.1. The number of ether oxygens (including phenoxy) is 1. The van der Waals surface area contributed by atoms with E-state index in [1.165, 1.54) is 22.7 Å². The van der Waals surface area contributed by atoms with Crippen LogP contribution < -0.4 is 4.74 Å². The lowest BCUT2D eigenvalue weighted by Gasteiger charge is -2.38. The van der Waals surface area contributed by atoms with E-state index in [0.29, 0.717) is 38.5 Å². The van der Waals surface area contributed by atoms with Crippen LogP contribution in [0.3, 0.4) is 0 Å². The Morgan fingerprint density at radius 3 is 2.74 bits per heavy atom. The molecule has 2 rings (SSSR count). The number of carboxylic acids is 1. The number of aromatic carboxylic acids is 1. The Morgan fingerprint density at radius 1 is 1.39 bits per heavy atom. The van der Waals surface area contributed by atoms with Crippen LogP contribution in [0.1, 0.15) is 17.3 Å². The van der Waals surface area contributed by atoms with Crippen LogP contribution in [-0.4, -0.2) is 73.8 Å². The molecule has 1 heterocycles. The molecule has 0 aliphatic carbocycles. The predicted molar refractivity (Wildman–Crippen MR) is 86.3 cm³/mol. The Balaban J connectivity index is 1.82. The van der Waals surface area contributed by atoms with Crippen molar-refractivity contribution in [1.82, 2.24) is 9.21 Å². The fraction of sp³-hybridized carbons (Fsp3) is 0.533. The Morgan fingerprint density at radius 2 is 2.13 bits per heavy atom. The highest BCUT2D eigenvalue weighted by Gasteiger charge is 2.29. The minimum absolute atomic E-state index is 0.0610. The van der Waals surface area contributed by atoms with Gasteiger partial charge in [0.15, 0.2) is 0 Å². The molecule has 0 aromatic heterocycles. The number of carbonyl (C=O) groups is 1. The summed E-state index contributed by atoms with van der Waals surface area (Å²) in [5.74, 6) is -0.464. The summed E-state index contributed by atoms with van der Waals surface area (Å²) in [6.07, 6.45) is 1.23. The molecule has 8 heteroatoms. The van der Waals surface area contributed by atoms with Gasteiger partial charge in [-0.15, -0.1) is 0 Å². The molecule has 1 aliphatic rings. The maximum atomic E-state index is 11.6. The third-order valence-corrected chi connectivity index (χ3v) is 5.23. The second-order valence-corrected chi connectivity index (χ2v) is 7.64. The number of sulfonamides is 1. The molecular weight excluding hydrogens is 320 g/mol. The fourth-order valence-electron chi connectivity index (χ4n) is 2.72. The zero-order chi connectivity index (χ0) is 17.0. The standard InChI is InChI=1S/C15H22N2O5S/c1-12-11-16(6-7-17(12)23(2,20)21)8-9-22-14-5-3-4-13(10-14)15(18)19/h3-5,10,12H,6-9,11H2,1-2H3,(H,18,19)/t12-/m0/s1. The van der Waals surface area contributed by atoms with Crippen molar-refractivity contribution in [3.63, 3.8) is 0 Å². The number of piperazine rings is 1. The smallest absolute Gasteiger partial charge is 0.335 e. The molecule has 0 spiro atoms. The number of nitrogens with zero attached hydrogens (tertiary/aromatic N) is 2. The molecule has 0 saturated carbocycles. The lowest BCUT2D eigenvalue weighted by atomic mass is 10.2. The van der Waals surface area contributed by atoms with E-state index in [1.54, 1.807) is 12.1 Å². The van der Waals surface area contributed by atoms with Gasteiger partial charge in [0.05, 0.1) is 11.8 Å². The summed E-state index contributed by atoms with van der Waals surface area (Å²) in [7, 11) is -3.16. The van der Waals surface area contributed by atoms with Gasteiger partial charge in [0, 0.05) is 32.2 Å². The first-order chi connectivity index (χ1) is 10.8. The van der Waals surface area contributed by atoms with Crippen LogP contribution in [0.25, 0.3) is 0 Å². The van der Waals surface area contributed by atoms with E-state index < -0.39 is 16.0 Å². The second kappa shape index (κ2) is 7.29. The van der Waals surface area contributed by atoms with Gasteiger partial charge in [0.1, 0.15) is 12.4 Å². The Labute approximate surface area is 136 Å². The highest BCUT2D eigenvalue weighted by atomic mass is 32.2. The molecule has 23 heavy (non-hydrogen) atoms. The molecule has 1 N–H and O–H groups in total.